The van der Waals surface area contributed by atoms with Gasteiger partial charge < -0.3 is 5.73 Å². The zero-order valence-electron chi connectivity index (χ0n) is 6.44. The topological polar surface area (TPSA) is 64.7 Å². The molecule has 0 saturated carbocycles. The molecule has 2 aromatic heterocycles. The number of thiophene rings is 1. The average Bonchev–Trinajstić information content (AvgIpc) is 2.52. The number of anilines is 1. The summed E-state index contributed by atoms with van der Waals surface area (Å²) >= 11 is 7.20. The van der Waals surface area contributed by atoms with E-state index in [1.54, 1.807) is 12.3 Å². The van der Waals surface area contributed by atoms with Crippen molar-refractivity contribution in [3.05, 3.63) is 22.7 Å². The Morgan fingerprint density at radius 2 is 2.23 bits per heavy atom. The highest BCUT2D eigenvalue weighted by atomic mass is 35.5. The summed E-state index contributed by atoms with van der Waals surface area (Å²) in [4.78, 5) is 4.95. The minimum absolute atomic E-state index is 0.169. The van der Waals surface area contributed by atoms with E-state index in [1.807, 2.05) is 6.07 Å². The third-order valence-electron chi connectivity index (χ3n) is 1.40. The van der Waals surface area contributed by atoms with Crippen LogP contribution >= 0.6 is 22.9 Å². The van der Waals surface area contributed by atoms with Crippen molar-refractivity contribution in [3.63, 3.8) is 0 Å². The molecule has 0 radical (unpaired) electrons. The molecule has 2 heterocycles. The van der Waals surface area contributed by atoms with Gasteiger partial charge in [0.25, 0.3) is 0 Å². The summed E-state index contributed by atoms with van der Waals surface area (Å²) in [6.07, 6.45) is 1.55. The van der Waals surface area contributed by atoms with Crippen LogP contribution in [0.5, 0.6) is 0 Å². The Morgan fingerprint density at radius 1 is 1.38 bits per heavy atom. The van der Waals surface area contributed by atoms with Crippen molar-refractivity contribution in [1.29, 1.82) is 0 Å². The molecule has 0 aliphatic heterocycles. The number of aromatic nitrogens is 3. The highest BCUT2D eigenvalue weighted by molar-refractivity contribution is 7.19. The number of hydrogen-bond donors (Lipinski definition) is 1. The first-order chi connectivity index (χ1) is 6.25. The first-order valence-corrected chi connectivity index (χ1v) is 4.66. The number of nitrogen functional groups attached to an aromatic ring is 1. The largest absolute Gasteiger partial charge is 0.366 e. The third-order valence-corrected chi connectivity index (χ3v) is 2.65. The van der Waals surface area contributed by atoms with E-state index >= 15 is 0 Å². The Labute approximate surface area is 83.4 Å². The zero-order chi connectivity index (χ0) is 9.26. The van der Waals surface area contributed by atoms with Gasteiger partial charge in [-0.3, -0.25) is 0 Å². The number of nitrogens with zero attached hydrogens (tertiary/aromatic N) is 3. The molecule has 13 heavy (non-hydrogen) atoms. The number of rotatable bonds is 1. The molecular weight excluding hydrogens is 208 g/mol. The molecule has 0 aliphatic carbocycles. The summed E-state index contributed by atoms with van der Waals surface area (Å²) in [5.74, 6) is 0.169. The molecular formula is C7H5ClN4S. The normalized spacial score (nSPS) is 10.2. The lowest BCUT2D eigenvalue weighted by molar-refractivity contribution is 0.992. The van der Waals surface area contributed by atoms with Crippen LogP contribution in [0, 0.1) is 0 Å². The molecule has 0 unspecified atom stereocenters. The second-order valence-corrected chi connectivity index (χ2v) is 4.02. The second kappa shape index (κ2) is 3.27. The van der Waals surface area contributed by atoms with Crippen LogP contribution in [-0.4, -0.2) is 15.2 Å². The summed E-state index contributed by atoms with van der Waals surface area (Å²) < 4.78 is 0.715. The van der Waals surface area contributed by atoms with Crippen molar-refractivity contribution in [2.45, 2.75) is 0 Å². The van der Waals surface area contributed by atoms with Gasteiger partial charge in [-0.25, -0.2) is 4.98 Å². The summed E-state index contributed by atoms with van der Waals surface area (Å²) in [5, 5.41) is 7.26. The van der Waals surface area contributed by atoms with Crippen LogP contribution in [0.3, 0.4) is 0 Å². The highest BCUT2D eigenvalue weighted by Gasteiger charge is 2.03. The molecule has 2 rings (SSSR count). The number of nitrogens with two attached hydrogens (primary N) is 1. The van der Waals surface area contributed by atoms with Gasteiger partial charge in [0.05, 0.1) is 15.4 Å². The molecule has 2 aromatic rings. The van der Waals surface area contributed by atoms with Crippen LogP contribution in [0.2, 0.25) is 4.34 Å². The van der Waals surface area contributed by atoms with E-state index < -0.39 is 0 Å². The third kappa shape index (κ3) is 1.76. The maximum Gasteiger partial charge on any atom is 0.240 e. The monoisotopic (exact) mass is 212 g/mol. The molecule has 0 amide bonds. The van der Waals surface area contributed by atoms with Crippen molar-refractivity contribution in [2.75, 3.05) is 5.73 Å². The molecule has 66 valence electrons. The maximum atomic E-state index is 5.77. The summed E-state index contributed by atoms with van der Waals surface area (Å²) in [7, 11) is 0. The molecule has 0 aromatic carbocycles. The van der Waals surface area contributed by atoms with Gasteiger partial charge in [0, 0.05) is 0 Å². The van der Waals surface area contributed by atoms with Gasteiger partial charge in [0.15, 0.2) is 0 Å². The predicted octanol–water partition coefficient (Wildman–Crippen LogP) is 1.84. The Balaban J connectivity index is 2.46. The van der Waals surface area contributed by atoms with Gasteiger partial charge in [-0.15, -0.1) is 16.4 Å². The maximum absolute atomic E-state index is 5.77. The molecule has 6 heteroatoms. The quantitative estimate of drug-likeness (QED) is 0.784. The standard InChI is InChI=1S/C7H5ClN4S/c8-6-2-1-5(13-6)4-3-10-12-7(9)11-4/h1-3H,(H2,9,11,12). The van der Waals surface area contributed by atoms with Gasteiger partial charge in [-0.05, 0) is 12.1 Å². The highest BCUT2D eigenvalue weighted by Crippen LogP contribution is 2.29. The Morgan fingerprint density at radius 3 is 2.85 bits per heavy atom. The van der Waals surface area contributed by atoms with Crippen LogP contribution in [0.4, 0.5) is 5.95 Å². The van der Waals surface area contributed by atoms with Crippen LogP contribution in [0.15, 0.2) is 18.3 Å². The van der Waals surface area contributed by atoms with Crippen LogP contribution in [-0.2, 0) is 0 Å². The fourth-order valence-electron chi connectivity index (χ4n) is 0.888. The number of hydrogen-bond acceptors (Lipinski definition) is 5. The lowest BCUT2D eigenvalue weighted by Gasteiger charge is -1.94. The summed E-state index contributed by atoms with van der Waals surface area (Å²) in [6.45, 7) is 0. The van der Waals surface area contributed by atoms with Gasteiger partial charge in [0.1, 0.15) is 5.69 Å². The average molecular weight is 213 g/mol. The smallest absolute Gasteiger partial charge is 0.240 e. The van der Waals surface area contributed by atoms with Gasteiger partial charge >= 0.3 is 0 Å². The van der Waals surface area contributed by atoms with Gasteiger partial charge in [0.2, 0.25) is 5.95 Å². The molecule has 0 bridgehead atoms. The molecule has 0 spiro atoms. The van der Waals surface area contributed by atoms with E-state index in [2.05, 4.69) is 15.2 Å². The summed E-state index contributed by atoms with van der Waals surface area (Å²) in [6, 6.07) is 3.68. The fourth-order valence-corrected chi connectivity index (χ4v) is 1.89. The molecule has 0 fully saturated rings. The Kier molecular flexibility index (Phi) is 2.12. The van der Waals surface area contributed by atoms with E-state index in [1.165, 1.54) is 11.3 Å². The van der Waals surface area contributed by atoms with Crippen molar-refractivity contribution >= 4 is 28.9 Å². The molecule has 4 nitrogen and oxygen atoms in total. The fraction of sp³-hybridized carbons (Fsp3) is 0. The van der Waals surface area contributed by atoms with Crippen LogP contribution < -0.4 is 5.73 Å². The van der Waals surface area contributed by atoms with Crippen LogP contribution in [0.25, 0.3) is 10.6 Å². The molecule has 0 atom stereocenters. The SMILES string of the molecule is Nc1nncc(-c2ccc(Cl)s2)n1. The van der Waals surface area contributed by atoms with E-state index in [4.69, 9.17) is 17.3 Å². The van der Waals surface area contributed by atoms with Crippen molar-refractivity contribution < 1.29 is 0 Å². The lowest BCUT2D eigenvalue weighted by Crippen LogP contribution is -1.97. The predicted molar refractivity (Wildman–Crippen MR) is 52.6 cm³/mol. The Bertz CT molecular complexity index is 428. The van der Waals surface area contributed by atoms with Crippen molar-refractivity contribution in [2.24, 2.45) is 0 Å². The first kappa shape index (κ1) is 8.40. The first-order valence-electron chi connectivity index (χ1n) is 3.46. The Hall–Kier alpha value is -1.20. The molecule has 0 aliphatic rings. The van der Waals surface area contributed by atoms with Crippen molar-refractivity contribution in [1.82, 2.24) is 15.2 Å². The van der Waals surface area contributed by atoms with E-state index in [-0.39, 0.29) is 5.95 Å². The van der Waals surface area contributed by atoms with E-state index in [0.29, 0.717) is 10.0 Å². The van der Waals surface area contributed by atoms with E-state index in [0.717, 1.165) is 4.88 Å². The molecule has 0 saturated heterocycles. The van der Waals surface area contributed by atoms with Crippen LogP contribution in [0.1, 0.15) is 0 Å². The minimum Gasteiger partial charge on any atom is -0.366 e. The van der Waals surface area contributed by atoms with Gasteiger partial charge in [-0.1, -0.05) is 11.6 Å². The zero-order valence-corrected chi connectivity index (χ0v) is 8.01. The lowest BCUT2D eigenvalue weighted by atomic mass is 10.4. The molecule has 2 N–H and O–H groups in total. The van der Waals surface area contributed by atoms with Gasteiger partial charge in [-0.2, -0.15) is 5.10 Å². The number of halogens is 1. The van der Waals surface area contributed by atoms with Crippen molar-refractivity contribution in [3.8, 4) is 10.6 Å². The summed E-state index contributed by atoms with van der Waals surface area (Å²) in [5.41, 5.74) is 6.09. The van der Waals surface area contributed by atoms with E-state index in [9.17, 15) is 0 Å². The minimum atomic E-state index is 0.169. The second-order valence-electron chi connectivity index (χ2n) is 2.30.